The van der Waals surface area contributed by atoms with Gasteiger partial charge in [-0.15, -0.1) is 0 Å². The molecule has 0 aliphatic heterocycles. The first-order chi connectivity index (χ1) is 7.74. The molecule has 0 aromatic carbocycles. The van der Waals surface area contributed by atoms with E-state index in [4.69, 9.17) is 5.73 Å². The first-order valence-electron chi connectivity index (χ1n) is 6.41. The zero-order valence-electron chi connectivity index (χ0n) is 9.95. The van der Waals surface area contributed by atoms with Crippen molar-refractivity contribution in [2.75, 3.05) is 5.75 Å². The molecular formula is C12H24N2OS. The van der Waals surface area contributed by atoms with Crippen molar-refractivity contribution in [3.63, 3.8) is 0 Å². The summed E-state index contributed by atoms with van der Waals surface area (Å²) in [6.07, 6.45) is 8.78. The van der Waals surface area contributed by atoms with Crippen LogP contribution in [0.15, 0.2) is 0 Å². The molecule has 0 aromatic rings. The summed E-state index contributed by atoms with van der Waals surface area (Å²) in [7, 11) is 0. The molecule has 1 aliphatic rings. The maximum atomic E-state index is 11.7. The lowest BCUT2D eigenvalue weighted by atomic mass is 10.1. The standard InChI is InChI=1S/C12H24N2OS/c13-11(8-2-1-5-9-16)12(15)14-10-6-3-4-7-10/h10-11,16H,1-9,13H2,(H,14,15)/t11-/m0/s1. The molecule has 1 rings (SSSR count). The Morgan fingerprint density at radius 1 is 1.31 bits per heavy atom. The smallest absolute Gasteiger partial charge is 0.237 e. The molecule has 16 heavy (non-hydrogen) atoms. The van der Waals surface area contributed by atoms with Crippen molar-refractivity contribution in [3.8, 4) is 0 Å². The van der Waals surface area contributed by atoms with E-state index in [1.165, 1.54) is 12.8 Å². The van der Waals surface area contributed by atoms with Gasteiger partial charge in [0.05, 0.1) is 6.04 Å². The molecule has 0 bridgehead atoms. The molecule has 1 saturated carbocycles. The van der Waals surface area contributed by atoms with E-state index in [1.807, 2.05) is 0 Å². The molecule has 4 heteroatoms. The van der Waals surface area contributed by atoms with Gasteiger partial charge in [0, 0.05) is 6.04 Å². The maximum absolute atomic E-state index is 11.7. The molecule has 1 aliphatic carbocycles. The van der Waals surface area contributed by atoms with Crippen LogP contribution in [0, 0.1) is 0 Å². The largest absolute Gasteiger partial charge is 0.352 e. The van der Waals surface area contributed by atoms with Crippen LogP contribution in [-0.2, 0) is 4.79 Å². The first kappa shape index (κ1) is 13.8. The van der Waals surface area contributed by atoms with Crippen LogP contribution < -0.4 is 11.1 Å². The Balaban J connectivity index is 2.09. The highest BCUT2D eigenvalue weighted by molar-refractivity contribution is 7.80. The van der Waals surface area contributed by atoms with Gasteiger partial charge in [0.2, 0.25) is 5.91 Å². The van der Waals surface area contributed by atoms with Crippen molar-refractivity contribution in [1.82, 2.24) is 5.32 Å². The van der Waals surface area contributed by atoms with Gasteiger partial charge in [0.25, 0.3) is 0 Å². The van der Waals surface area contributed by atoms with Crippen LogP contribution in [0.25, 0.3) is 0 Å². The molecule has 1 amide bonds. The van der Waals surface area contributed by atoms with Crippen molar-refractivity contribution >= 4 is 18.5 Å². The van der Waals surface area contributed by atoms with Crippen molar-refractivity contribution < 1.29 is 4.79 Å². The zero-order chi connectivity index (χ0) is 11.8. The number of carbonyl (C=O) groups excluding carboxylic acids is 1. The summed E-state index contributed by atoms with van der Waals surface area (Å²) in [5.41, 5.74) is 5.85. The summed E-state index contributed by atoms with van der Waals surface area (Å²) < 4.78 is 0. The lowest BCUT2D eigenvalue weighted by molar-refractivity contribution is -0.123. The Morgan fingerprint density at radius 2 is 2.00 bits per heavy atom. The van der Waals surface area contributed by atoms with Crippen LogP contribution in [0.2, 0.25) is 0 Å². The lowest BCUT2D eigenvalue weighted by Gasteiger charge is -2.16. The van der Waals surface area contributed by atoms with Crippen LogP contribution >= 0.6 is 12.6 Å². The fraction of sp³-hybridized carbons (Fsp3) is 0.917. The second-order valence-corrected chi connectivity index (χ2v) is 5.12. The number of nitrogens with one attached hydrogen (secondary N) is 1. The second kappa shape index (κ2) is 7.96. The Bertz CT molecular complexity index is 205. The third-order valence-corrected chi connectivity index (χ3v) is 3.53. The van der Waals surface area contributed by atoms with E-state index in [-0.39, 0.29) is 11.9 Å². The molecule has 1 atom stereocenters. The van der Waals surface area contributed by atoms with Gasteiger partial charge in [-0.1, -0.05) is 25.7 Å². The molecular weight excluding hydrogens is 220 g/mol. The molecule has 1 fully saturated rings. The molecule has 3 nitrogen and oxygen atoms in total. The molecule has 0 heterocycles. The van der Waals surface area contributed by atoms with Crippen molar-refractivity contribution in [1.29, 1.82) is 0 Å². The predicted octanol–water partition coefficient (Wildman–Crippen LogP) is 1.86. The molecule has 0 saturated heterocycles. The summed E-state index contributed by atoms with van der Waals surface area (Å²) in [4.78, 5) is 11.7. The van der Waals surface area contributed by atoms with Crippen molar-refractivity contribution in [2.45, 2.75) is 63.5 Å². The van der Waals surface area contributed by atoms with E-state index >= 15 is 0 Å². The number of unbranched alkanes of at least 4 members (excludes halogenated alkanes) is 2. The monoisotopic (exact) mass is 244 g/mol. The Labute approximate surface area is 104 Å². The van der Waals surface area contributed by atoms with Crippen LogP contribution in [-0.4, -0.2) is 23.7 Å². The van der Waals surface area contributed by atoms with Gasteiger partial charge in [-0.05, 0) is 31.4 Å². The normalized spacial score (nSPS) is 18.6. The number of carbonyl (C=O) groups is 1. The fourth-order valence-corrected chi connectivity index (χ4v) is 2.39. The minimum absolute atomic E-state index is 0.0396. The second-order valence-electron chi connectivity index (χ2n) is 4.67. The molecule has 0 spiro atoms. The number of hydrogen-bond donors (Lipinski definition) is 3. The van der Waals surface area contributed by atoms with Gasteiger partial charge in [-0.3, -0.25) is 4.79 Å². The highest BCUT2D eigenvalue weighted by Crippen LogP contribution is 2.17. The molecule has 94 valence electrons. The van der Waals surface area contributed by atoms with Crippen LogP contribution in [0.5, 0.6) is 0 Å². The van der Waals surface area contributed by atoms with E-state index in [0.717, 1.165) is 44.3 Å². The van der Waals surface area contributed by atoms with E-state index in [9.17, 15) is 4.79 Å². The van der Waals surface area contributed by atoms with Crippen molar-refractivity contribution in [3.05, 3.63) is 0 Å². The summed E-state index contributed by atoms with van der Waals surface area (Å²) in [6, 6.07) is 0.0662. The number of amides is 1. The molecule has 0 aromatic heterocycles. The van der Waals surface area contributed by atoms with E-state index < -0.39 is 0 Å². The summed E-state index contributed by atoms with van der Waals surface area (Å²) >= 11 is 4.15. The Hall–Kier alpha value is -0.220. The van der Waals surface area contributed by atoms with Crippen LogP contribution in [0.4, 0.5) is 0 Å². The summed E-state index contributed by atoms with van der Waals surface area (Å²) in [5, 5.41) is 3.04. The molecule has 3 N–H and O–H groups in total. The molecule has 0 radical (unpaired) electrons. The van der Waals surface area contributed by atoms with Gasteiger partial charge < -0.3 is 11.1 Å². The van der Waals surface area contributed by atoms with Gasteiger partial charge in [0.15, 0.2) is 0 Å². The zero-order valence-corrected chi connectivity index (χ0v) is 10.8. The topological polar surface area (TPSA) is 55.1 Å². The average molecular weight is 244 g/mol. The summed E-state index contributed by atoms with van der Waals surface area (Å²) in [6.45, 7) is 0. The predicted molar refractivity (Wildman–Crippen MR) is 70.7 cm³/mol. The molecule has 0 unspecified atom stereocenters. The minimum Gasteiger partial charge on any atom is -0.352 e. The van der Waals surface area contributed by atoms with E-state index in [0.29, 0.717) is 6.04 Å². The number of nitrogens with two attached hydrogens (primary N) is 1. The highest BCUT2D eigenvalue weighted by Gasteiger charge is 2.20. The van der Waals surface area contributed by atoms with Gasteiger partial charge >= 0.3 is 0 Å². The maximum Gasteiger partial charge on any atom is 0.237 e. The Kier molecular flexibility index (Phi) is 6.88. The Morgan fingerprint density at radius 3 is 2.62 bits per heavy atom. The van der Waals surface area contributed by atoms with Gasteiger partial charge in [-0.25, -0.2) is 0 Å². The third-order valence-electron chi connectivity index (χ3n) is 3.21. The van der Waals surface area contributed by atoms with Gasteiger partial charge in [-0.2, -0.15) is 12.6 Å². The quantitative estimate of drug-likeness (QED) is 0.473. The van der Waals surface area contributed by atoms with Crippen LogP contribution in [0.3, 0.4) is 0 Å². The first-order valence-corrected chi connectivity index (χ1v) is 7.04. The number of hydrogen-bond acceptors (Lipinski definition) is 3. The fourth-order valence-electron chi connectivity index (χ4n) is 2.16. The van der Waals surface area contributed by atoms with Crippen molar-refractivity contribution in [2.24, 2.45) is 5.73 Å². The third kappa shape index (κ3) is 5.21. The number of thiol groups is 1. The number of rotatable bonds is 7. The minimum atomic E-state index is -0.319. The average Bonchev–Trinajstić information content (AvgIpc) is 2.76. The van der Waals surface area contributed by atoms with E-state index in [2.05, 4.69) is 17.9 Å². The van der Waals surface area contributed by atoms with Gasteiger partial charge in [0.1, 0.15) is 0 Å². The summed E-state index contributed by atoms with van der Waals surface area (Å²) in [5.74, 6) is 0.960. The lowest BCUT2D eigenvalue weighted by Crippen LogP contribution is -2.44. The van der Waals surface area contributed by atoms with Crippen LogP contribution in [0.1, 0.15) is 51.4 Å². The van der Waals surface area contributed by atoms with E-state index in [1.54, 1.807) is 0 Å². The SMILES string of the molecule is N[C@@H](CCCCCS)C(=O)NC1CCCC1. The highest BCUT2D eigenvalue weighted by atomic mass is 32.1.